The van der Waals surface area contributed by atoms with Crippen molar-refractivity contribution >= 4 is 17.9 Å². The summed E-state index contributed by atoms with van der Waals surface area (Å²) in [6, 6.07) is 0. The molecular formula is C30H50O8. The van der Waals surface area contributed by atoms with Crippen molar-refractivity contribution in [3.05, 3.63) is 0 Å². The highest BCUT2D eigenvalue weighted by atomic mass is 16.6. The number of unbranched alkanes of at least 4 members (excludes halogenated alkanes) is 2. The lowest BCUT2D eigenvalue weighted by Crippen LogP contribution is -2.58. The Morgan fingerprint density at radius 1 is 0.974 bits per heavy atom. The predicted molar refractivity (Wildman–Crippen MR) is 142 cm³/mol. The average Bonchev–Trinajstić information content (AvgIpc) is 3.16. The summed E-state index contributed by atoms with van der Waals surface area (Å²) in [4.78, 5) is 37.3. The van der Waals surface area contributed by atoms with Gasteiger partial charge in [0.25, 0.3) is 0 Å². The van der Waals surface area contributed by atoms with Crippen LogP contribution in [-0.4, -0.2) is 58.1 Å². The van der Waals surface area contributed by atoms with Gasteiger partial charge in [0.2, 0.25) is 0 Å². The molecule has 3 fully saturated rings. The van der Waals surface area contributed by atoms with Crippen molar-refractivity contribution in [2.45, 2.75) is 148 Å². The molecule has 0 aromatic heterocycles. The maximum atomic E-state index is 12.7. The Morgan fingerprint density at radius 3 is 2.16 bits per heavy atom. The second-order valence-electron chi connectivity index (χ2n) is 13.0. The van der Waals surface area contributed by atoms with Crippen molar-refractivity contribution in [2.75, 3.05) is 0 Å². The van der Waals surface area contributed by atoms with E-state index in [-0.39, 0.29) is 36.1 Å². The number of rotatable bonds is 8. The van der Waals surface area contributed by atoms with Crippen LogP contribution in [-0.2, 0) is 33.3 Å². The van der Waals surface area contributed by atoms with Crippen molar-refractivity contribution in [1.29, 1.82) is 0 Å². The zero-order valence-corrected chi connectivity index (χ0v) is 24.7. The van der Waals surface area contributed by atoms with Crippen LogP contribution >= 0.6 is 0 Å². The maximum absolute atomic E-state index is 12.7. The van der Waals surface area contributed by atoms with E-state index in [1.807, 2.05) is 13.8 Å². The van der Waals surface area contributed by atoms with Gasteiger partial charge in [0.1, 0.15) is 29.0 Å². The van der Waals surface area contributed by atoms with Crippen molar-refractivity contribution in [2.24, 2.45) is 23.7 Å². The molecule has 0 unspecified atom stereocenters. The highest BCUT2D eigenvalue weighted by Gasteiger charge is 2.65. The van der Waals surface area contributed by atoms with E-state index in [0.29, 0.717) is 31.6 Å². The fraction of sp³-hybridized carbons (Fsp3) is 0.900. The Bertz CT molecular complexity index is 868. The third-order valence-corrected chi connectivity index (χ3v) is 9.34. The lowest BCUT2D eigenvalue weighted by atomic mass is 9.57. The minimum atomic E-state index is -1.38. The normalized spacial score (nSPS) is 40.9. The van der Waals surface area contributed by atoms with E-state index in [2.05, 4.69) is 20.8 Å². The Kier molecular flexibility index (Phi) is 9.61. The fourth-order valence-corrected chi connectivity index (χ4v) is 7.62. The van der Waals surface area contributed by atoms with Crippen LogP contribution in [0.4, 0.5) is 0 Å². The van der Waals surface area contributed by atoms with E-state index in [1.165, 1.54) is 13.8 Å². The zero-order valence-electron chi connectivity index (χ0n) is 24.7. The minimum absolute atomic E-state index is 0.0357. The van der Waals surface area contributed by atoms with Crippen LogP contribution in [0.2, 0.25) is 0 Å². The van der Waals surface area contributed by atoms with Gasteiger partial charge in [-0.3, -0.25) is 14.4 Å². The molecule has 2 bridgehead atoms. The summed E-state index contributed by atoms with van der Waals surface area (Å²) < 4.78 is 24.7. The van der Waals surface area contributed by atoms with Gasteiger partial charge in [0.15, 0.2) is 0 Å². The molecule has 0 aromatic carbocycles. The monoisotopic (exact) mass is 538 g/mol. The zero-order chi connectivity index (χ0) is 28.5. The van der Waals surface area contributed by atoms with E-state index < -0.39 is 41.1 Å². The second kappa shape index (κ2) is 11.8. The van der Waals surface area contributed by atoms with Crippen LogP contribution in [0.25, 0.3) is 0 Å². The topological polar surface area (TPSA) is 108 Å². The van der Waals surface area contributed by atoms with Gasteiger partial charge < -0.3 is 24.1 Å². The van der Waals surface area contributed by atoms with E-state index >= 15 is 0 Å². The molecular weight excluding hydrogens is 488 g/mol. The highest BCUT2D eigenvalue weighted by Crippen LogP contribution is 2.58. The SMILES string of the molecule is CCCCCC(=O)O[C@@H]1CC[C@](C)(OC(C)=O)[C@@H]2O[C@H](C[C@@]1(C)O)[C@H]1[C@@H]2[C@H](C(C)C)CC[C@]1(C)OC(C)=O. The molecule has 1 aliphatic carbocycles. The molecule has 0 amide bonds. The standard InChI is InChI=1S/C30H50O8/c1-9-10-11-12-24(33)36-23-14-16-30(8,38-20(5)32)27-25-21(18(2)3)13-15-29(7,37-19(4)31)26(25)22(35-27)17-28(23,6)34/h18,21-23,25-27,34H,9-17H2,1-8H3/t21-,22+,23+,25-,26-,27+,28+,29-,30-/m0/s1. The molecule has 2 aliphatic heterocycles. The third kappa shape index (κ3) is 6.55. The van der Waals surface area contributed by atoms with Crippen LogP contribution < -0.4 is 0 Å². The summed E-state index contributed by atoms with van der Waals surface area (Å²) >= 11 is 0. The van der Waals surface area contributed by atoms with E-state index in [9.17, 15) is 19.5 Å². The van der Waals surface area contributed by atoms with Gasteiger partial charge in [0, 0.05) is 38.5 Å². The smallest absolute Gasteiger partial charge is 0.306 e. The van der Waals surface area contributed by atoms with Crippen molar-refractivity contribution in [3.8, 4) is 0 Å². The molecule has 9 atom stereocenters. The first-order valence-corrected chi connectivity index (χ1v) is 14.6. The number of carbonyl (C=O) groups is 3. The van der Waals surface area contributed by atoms with Gasteiger partial charge >= 0.3 is 17.9 Å². The molecule has 0 spiro atoms. The molecule has 0 aromatic rings. The lowest BCUT2D eigenvalue weighted by Gasteiger charge is -2.51. The molecule has 2 heterocycles. The van der Waals surface area contributed by atoms with Crippen molar-refractivity contribution in [3.63, 3.8) is 0 Å². The molecule has 8 nitrogen and oxygen atoms in total. The summed E-state index contributed by atoms with van der Waals surface area (Å²) in [5.74, 6) is -0.722. The Hall–Kier alpha value is -1.67. The highest BCUT2D eigenvalue weighted by molar-refractivity contribution is 5.69. The quantitative estimate of drug-likeness (QED) is 0.258. The number of hydrogen-bond donors (Lipinski definition) is 1. The van der Waals surface area contributed by atoms with Crippen LogP contribution in [0.5, 0.6) is 0 Å². The molecule has 3 rings (SSSR count). The van der Waals surface area contributed by atoms with Crippen LogP contribution in [0.3, 0.4) is 0 Å². The molecule has 3 aliphatic rings. The molecule has 1 N–H and O–H groups in total. The van der Waals surface area contributed by atoms with E-state index in [0.717, 1.165) is 25.7 Å². The lowest BCUT2D eigenvalue weighted by molar-refractivity contribution is -0.185. The minimum Gasteiger partial charge on any atom is -0.459 e. The molecule has 8 heteroatoms. The molecule has 0 radical (unpaired) electrons. The summed E-state index contributed by atoms with van der Waals surface area (Å²) in [6.45, 7) is 14.8. The predicted octanol–water partition coefficient (Wildman–Crippen LogP) is 5.12. The number of hydrogen-bond acceptors (Lipinski definition) is 8. The molecule has 2 saturated heterocycles. The largest absolute Gasteiger partial charge is 0.459 e. The second-order valence-corrected chi connectivity index (χ2v) is 13.0. The number of esters is 3. The number of aliphatic hydroxyl groups is 1. The molecule has 38 heavy (non-hydrogen) atoms. The maximum Gasteiger partial charge on any atom is 0.306 e. The van der Waals surface area contributed by atoms with Gasteiger partial charge in [-0.2, -0.15) is 0 Å². The number of ether oxygens (including phenoxy) is 4. The summed E-state index contributed by atoms with van der Waals surface area (Å²) in [7, 11) is 0. The molecule has 218 valence electrons. The first kappa shape index (κ1) is 30.9. The van der Waals surface area contributed by atoms with Crippen LogP contribution in [0, 0.1) is 23.7 Å². The van der Waals surface area contributed by atoms with E-state index in [4.69, 9.17) is 18.9 Å². The average molecular weight is 539 g/mol. The van der Waals surface area contributed by atoms with Crippen molar-refractivity contribution < 1.29 is 38.4 Å². The Labute approximate surface area is 228 Å². The summed E-state index contributed by atoms with van der Waals surface area (Å²) in [5, 5.41) is 11.8. The van der Waals surface area contributed by atoms with Crippen LogP contribution in [0.1, 0.15) is 113 Å². The van der Waals surface area contributed by atoms with Gasteiger partial charge in [-0.1, -0.05) is 33.6 Å². The number of carbonyl (C=O) groups excluding carboxylic acids is 3. The van der Waals surface area contributed by atoms with Crippen molar-refractivity contribution in [1.82, 2.24) is 0 Å². The first-order chi connectivity index (χ1) is 17.6. The van der Waals surface area contributed by atoms with Crippen LogP contribution in [0.15, 0.2) is 0 Å². The summed E-state index contributed by atoms with van der Waals surface area (Å²) in [5.41, 5.74) is -3.17. The fourth-order valence-electron chi connectivity index (χ4n) is 7.62. The van der Waals surface area contributed by atoms with Gasteiger partial charge in [-0.15, -0.1) is 0 Å². The Morgan fingerprint density at radius 2 is 1.58 bits per heavy atom. The summed E-state index contributed by atoms with van der Waals surface area (Å²) in [6.07, 6.45) is 3.75. The van der Waals surface area contributed by atoms with Gasteiger partial charge in [-0.05, 0) is 64.7 Å². The third-order valence-electron chi connectivity index (χ3n) is 9.34. The first-order valence-electron chi connectivity index (χ1n) is 14.6. The number of fused-ring (bicyclic) bond motifs is 5. The molecule has 1 saturated carbocycles. The van der Waals surface area contributed by atoms with E-state index in [1.54, 1.807) is 6.92 Å². The van der Waals surface area contributed by atoms with Gasteiger partial charge in [0.05, 0.1) is 6.10 Å². The Balaban J connectivity index is 2.05. The van der Waals surface area contributed by atoms with Gasteiger partial charge in [-0.25, -0.2) is 0 Å².